The Hall–Kier alpha value is -1.84. The summed E-state index contributed by atoms with van der Waals surface area (Å²) in [5, 5.41) is 2.87. The van der Waals surface area contributed by atoms with Crippen LogP contribution in [0, 0.1) is 0 Å². The number of rotatable bonds is 6. The number of amides is 1. The highest BCUT2D eigenvalue weighted by Gasteiger charge is 2.14. The number of H-pyrrole nitrogens is 1. The lowest BCUT2D eigenvalue weighted by molar-refractivity contribution is 0.102. The minimum absolute atomic E-state index is 0.0286. The van der Waals surface area contributed by atoms with Crippen LogP contribution in [0.15, 0.2) is 38.7 Å². The van der Waals surface area contributed by atoms with Gasteiger partial charge in [-0.05, 0) is 24.3 Å². The van der Waals surface area contributed by atoms with Crippen molar-refractivity contribution in [2.75, 3.05) is 30.5 Å². The Morgan fingerprint density at radius 2 is 2.13 bits per heavy atom. The first-order chi connectivity index (χ1) is 11.0. The second kappa shape index (κ2) is 8.14. The molecule has 4 N–H and O–H groups in total. The molecule has 0 aliphatic heterocycles. The van der Waals surface area contributed by atoms with E-state index in [1.807, 2.05) is 0 Å². The second-order valence-corrected chi connectivity index (χ2v) is 6.43. The van der Waals surface area contributed by atoms with Crippen molar-refractivity contribution in [3.05, 3.63) is 44.7 Å². The van der Waals surface area contributed by atoms with Gasteiger partial charge in [0.15, 0.2) is 11.0 Å². The van der Waals surface area contributed by atoms with E-state index in [-0.39, 0.29) is 11.5 Å². The van der Waals surface area contributed by atoms with E-state index in [2.05, 4.69) is 31.2 Å². The van der Waals surface area contributed by atoms with Crippen molar-refractivity contribution < 1.29 is 9.53 Å². The van der Waals surface area contributed by atoms with Crippen LogP contribution in [0.2, 0.25) is 0 Å². The summed E-state index contributed by atoms with van der Waals surface area (Å²) in [6, 6.07) is 6.73. The number of thioether (sulfide) groups is 1. The van der Waals surface area contributed by atoms with E-state index >= 15 is 0 Å². The van der Waals surface area contributed by atoms with Crippen LogP contribution in [0.3, 0.4) is 0 Å². The van der Waals surface area contributed by atoms with Crippen LogP contribution in [-0.2, 0) is 4.74 Å². The molecule has 2 aromatic rings. The van der Waals surface area contributed by atoms with Gasteiger partial charge in [0, 0.05) is 22.9 Å². The van der Waals surface area contributed by atoms with Crippen molar-refractivity contribution in [2.24, 2.45) is 0 Å². The van der Waals surface area contributed by atoms with Crippen molar-refractivity contribution >= 4 is 45.1 Å². The maximum Gasteiger partial charge on any atom is 0.277 e. The fourth-order valence-corrected chi connectivity index (χ4v) is 2.70. The standard InChI is InChI=1S/C14H15BrN4O3S/c1-22-6-7-23-14-18-11(16)10(13(21)19-14)17-12(20)8-2-4-9(15)5-3-8/h2-5H,6-7H2,1H3,(H,17,20)(H3,16,18,19,21). The van der Waals surface area contributed by atoms with E-state index in [0.29, 0.717) is 23.1 Å². The zero-order valence-electron chi connectivity index (χ0n) is 12.3. The van der Waals surface area contributed by atoms with Gasteiger partial charge in [-0.25, -0.2) is 4.98 Å². The van der Waals surface area contributed by atoms with Gasteiger partial charge in [-0.2, -0.15) is 0 Å². The van der Waals surface area contributed by atoms with E-state index in [1.165, 1.54) is 11.8 Å². The third-order valence-electron chi connectivity index (χ3n) is 2.80. The lowest BCUT2D eigenvalue weighted by Crippen LogP contribution is -2.23. The molecule has 0 saturated carbocycles. The molecule has 0 bridgehead atoms. The number of halogens is 1. The van der Waals surface area contributed by atoms with E-state index in [9.17, 15) is 9.59 Å². The first kappa shape index (κ1) is 17.5. The number of hydrogen-bond acceptors (Lipinski definition) is 6. The summed E-state index contributed by atoms with van der Waals surface area (Å²) in [5.41, 5.74) is 5.63. The van der Waals surface area contributed by atoms with E-state index < -0.39 is 11.5 Å². The summed E-state index contributed by atoms with van der Waals surface area (Å²) in [5.74, 6) is 0.166. The molecule has 0 spiro atoms. The summed E-state index contributed by atoms with van der Waals surface area (Å²) < 4.78 is 5.78. The molecule has 122 valence electrons. The summed E-state index contributed by atoms with van der Waals surface area (Å²) >= 11 is 4.60. The highest BCUT2D eigenvalue weighted by Crippen LogP contribution is 2.17. The summed E-state index contributed by atoms with van der Waals surface area (Å²) in [6.45, 7) is 0.524. The zero-order chi connectivity index (χ0) is 16.8. The molecule has 1 aromatic carbocycles. The Morgan fingerprint density at radius 3 is 2.74 bits per heavy atom. The van der Waals surface area contributed by atoms with E-state index in [0.717, 1.165) is 4.47 Å². The number of ether oxygens (including phenoxy) is 1. The van der Waals surface area contributed by atoms with Crippen LogP contribution >= 0.6 is 27.7 Å². The monoisotopic (exact) mass is 398 g/mol. The Morgan fingerprint density at radius 1 is 1.43 bits per heavy atom. The molecule has 1 heterocycles. The van der Waals surface area contributed by atoms with Gasteiger partial charge >= 0.3 is 0 Å². The van der Waals surface area contributed by atoms with Gasteiger partial charge in [-0.3, -0.25) is 14.6 Å². The van der Waals surface area contributed by atoms with Crippen molar-refractivity contribution in [1.82, 2.24) is 9.97 Å². The van der Waals surface area contributed by atoms with Gasteiger partial charge in [-0.1, -0.05) is 27.7 Å². The highest BCUT2D eigenvalue weighted by atomic mass is 79.9. The average molecular weight is 399 g/mol. The highest BCUT2D eigenvalue weighted by molar-refractivity contribution is 9.10. The normalized spacial score (nSPS) is 10.5. The molecular weight excluding hydrogens is 384 g/mol. The lowest BCUT2D eigenvalue weighted by atomic mass is 10.2. The SMILES string of the molecule is COCCSc1nc(N)c(NC(=O)c2ccc(Br)cc2)c(=O)[nH]1. The van der Waals surface area contributed by atoms with Crippen molar-refractivity contribution in [3.63, 3.8) is 0 Å². The molecule has 0 atom stereocenters. The molecule has 9 heteroatoms. The van der Waals surface area contributed by atoms with Crippen LogP contribution in [0.1, 0.15) is 10.4 Å². The topological polar surface area (TPSA) is 110 Å². The number of hydrogen-bond donors (Lipinski definition) is 3. The van der Waals surface area contributed by atoms with Gasteiger partial charge in [0.05, 0.1) is 6.61 Å². The fourth-order valence-electron chi connectivity index (χ4n) is 1.67. The van der Waals surface area contributed by atoms with E-state index in [4.69, 9.17) is 10.5 Å². The molecule has 0 aliphatic carbocycles. The maximum absolute atomic E-state index is 12.1. The summed E-state index contributed by atoms with van der Waals surface area (Å²) in [4.78, 5) is 30.9. The van der Waals surface area contributed by atoms with Gasteiger partial charge in [0.25, 0.3) is 11.5 Å². The lowest BCUT2D eigenvalue weighted by Gasteiger charge is -2.08. The molecule has 1 aromatic heterocycles. The first-order valence-electron chi connectivity index (χ1n) is 6.59. The van der Waals surface area contributed by atoms with Crippen molar-refractivity contribution in [2.45, 2.75) is 5.16 Å². The van der Waals surface area contributed by atoms with Gasteiger partial charge < -0.3 is 15.8 Å². The minimum atomic E-state index is -0.497. The van der Waals surface area contributed by atoms with Crippen molar-refractivity contribution in [1.29, 1.82) is 0 Å². The number of nitrogen functional groups attached to an aromatic ring is 1. The third kappa shape index (κ3) is 4.81. The molecule has 23 heavy (non-hydrogen) atoms. The molecule has 1 amide bonds. The smallest absolute Gasteiger partial charge is 0.277 e. The number of carbonyl (C=O) groups is 1. The van der Waals surface area contributed by atoms with Crippen LogP contribution in [0.25, 0.3) is 0 Å². The molecular formula is C14H15BrN4O3S. The molecule has 0 aliphatic rings. The predicted octanol–water partition coefficient (Wildman–Crippen LogP) is 2.11. The summed E-state index contributed by atoms with van der Waals surface area (Å²) in [7, 11) is 1.59. The van der Waals surface area contributed by atoms with Crippen LogP contribution < -0.4 is 16.6 Å². The number of methoxy groups -OCH3 is 1. The summed E-state index contributed by atoms with van der Waals surface area (Å²) in [6.07, 6.45) is 0. The largest absolute Gasteiger partial charge is 0.384 e. The molecule has 2 rings (SSSR count). The minimum Gasteiger partial charge on any atom is -0.384 e. The Balaban J connectivity index is 2.15. The Labute approximate surface area is 145 Å². The first-order valence-corrected chi connectivity index (χ1v) is 8.37. The number of aromatic amines is 1. The number of carbonyl (C=O) groups excluding carboxylic acids is 1. The number of anilines is 2. The Kier molecular flexibility index (Phi) is 6.20. The quantitative estimate of drug-likeness (QED) is 0.390. The number of nitrogens with one attached hydrogen (secondary N) is 2. The molecule has 0 saturated heterocycles. The Bertz CT molecular complexity index is 749. The fraction of sp³-hybridized carbons (Fsp3) is 0.214. The predicted molar refractivity (Wildman–Crippen MR) is 94.0 cm³/mol. The second-order valence-electron chi connectivity index (χ2n) is 4.43. The maximum atomic E-state index is 12.1. The third-order valence-corrected chi connectivity index (χ3v) is 4.16. The molecule has 0 fully saturated rings. The van der Waals surface area contributed by atoms with Gasteiger partial charge in [-0.15, -0.1) is 0 Å². The number of nitrogens with two attached hydrogens (primary N) is 1. The van der Waals surface area contributed by atoms with Crippen LogP contribution in [0.5, 0.6) is 0 Å². The van der Waals surface area contributed by atoms with Crippen LogP contribution in [0.4, 0.5) is 11.5 Å². The number of aromatic nitrogens is 2. The molecule has 7 nitrogen and oxygen atoms in total. The number of nitrogens with zero attached hydrogens (tertiary/aromatic N) is 1. The molecule has 0 unspecified atom stereocenters. The van der Waals surface area contributed by atoms with Gasteiger partial charge in [0.2, 0.25) is 0 Å². The van der Waals surface area contributed by atoms with Crippen LogP contribution in [-0.4, -0.2) is 35.3 Å². The van der Waals surface area contributed by atoms with Gasteiger partial charge in [0.1, 0.15) is 5.69 Å². The van der Waals surface area contributed by atoms with E-state index in [1.54, 1.807) is 31.4 Å². The van der Waals surface area contributed by atoms with Crippen molar-refractivity contribution in [3.8, 4) is 0 Å². The number of benzene rings is 1. The molecule has 0 radical (unpaired) electrons. The zero-order valence-corrected chi connectivity index (χ0v) is 14.7. The average Bonchev–Trinajstić information content (AvgIpc) is 2.51.